The molecule has 0 saturated heterocycles. The predicted octanol–water partition coefficient (Wildman–Crippen LogP) is 3.43. The van der Waals surface area contributed by atoms with Gasteiger partial charge in [0.05, 0.1) is 0 Å². The second-order valence-electron chi connectivity index (χ2n) is 5.02. The molecule has 0 heterocycles. The van der Waals surface area contributed by atoms with Crippen LogP contribution < -0.4 is 0 Å². The summed E-state index contributed by atoms with van der Waals surface area (Å²) in [7, 11) is 0. The first kappa shape index (κ1) is 17.3. The number of hydrogen-bond donors (Lipinski definition) is 1. The summed E-state index contributed by atoms with van der Waals surface area (Å²) in [5.74, 6) is -0.558. The largest absolute Gasteiger partial charge is 0.375 e. The van der Waals surface area contributed by atoms with Gasteiger partial charge in [0.1, 0.15) is 0 Å². The van der Waals surface area contributed by atoms with E-state index >= 15 is 0 Å². The van der Waals surface area contributed by atoms with Crippen molar-refractivity contribution in [2.75, 3.05) is 0 Å². The molecule has 0 saturated carbocycles. The Hall–Kier alpha value is -0.700. The van der Waals surface area contributed by atoms with Gasteiger partial charge in [0, 0.05) is 12.8 Å². The zero-order chi connectivity index (χ0) is 14.0. The molecule has 0 bridgehead atoms. The van der Waals surface area contributed by atoms with E-state index in [2.05, 4.69) is 0 Å². The van der Waals surface area contributed by atoms with E-state index in [9.17, 15) is 14.7 Å². The Labute approximate surface area is 111 Å². The molecule has 106 valence electrons. The lowest BCUT2D eigenvalue weighted by molar-refractivity contribution is -0.152. The van der Waals surface area contributed by atoms with Crippen molar-refractivity contribution in [1.82, 2.24) is 0 Å². The van der Waals surface area contributed by atoms with Gasteiger partial charge in [-0.3, -0.25) is 9.59 Å². The average Bonchev–Trinajstić information content (AvgIpc) is 2.38. The molecule has 0 fully saturated rings. The smallest absolute Gasteiger partial charge is 0.181 e. The Morgan fingerprint density at radius 2 is 1.22 bits per heavy atom. The maximum atomic E-state index is 12.1. The molecule has 0 atom stereocenters. The van der Waals surface area contributed by atoms with E-state index in [0.29, 0.717) is 19.3 Å². The van der Waals surface area contributed by atoms with Gasteiger partial charge in [-0.2, -0.15) is 0 Å². The van der Waals surface area contributed by atoms with Gasteiger partial charge in [0.2, 0.25) is 0 Å². The van der Waals surface area contributed by atoms with E-state index in [-0.39, 0.29) is 18.0 Å². The Morgan fingerprint density at radius 3 is 1.56 bits per heavy atom. The van der Waals surface area contributed by atoms with Crippen molar-refractivity contribution in [1.29, 1.82) is 0 Å². The molecule has 0 rings (SSSR count). The minimum absolute atomic E-state index is 0.279. The molecule has 0 aliphatic rings. The predicted molar refractivity (Wildman–Crippen MR) is 73.5 cm³/mol. The summed E-state index contributed by atoms with van der Waals surface area (Å²) in [6.45, 7) is 5.99. The van der Waals surface area contributed by atoms with Crippen molar-refractivity contribution in [2.24, 2.45) is 0 Å². The van der Waals surface area contributed by atoms with Crippen LogP contribution in [0.2, 0.25) is 0 Å². The number of ketones is 2. The van der Waals surface area contributed by atoms with Crippen molar-refractivity contribution < 1.29 is 14.7 Å². The van der Waals surface area contributed by atoms with Crippen LogP contribution in [0.3, 0.4) is 0 Å². The lowest BCUT2D eigenvalue weighted by atomic mass is 9.83. The van der Waals surface area contributed by atoms with Crippen LogP contribution in [0, 0.1) is 0 Å². The lowest BCUT2D eigenvalue weighted by Gasteiger charge is -2.25. The molecule has 0 aromatic carbocycles. The van der Waals surface area contributed by atoms with Crippen LogP contribution in [-0.2, 0) is 9.59 Å². The quantitative estimate of drug-likeness (QED) is 0.576. The average molecular weight is 256 g/mol. The van der Waals surface area contributed by atoms with Crippen LogP contribution in [0.5, 0.6) is 0 Å². The third kappa shape index (κ3) is 5.30. The summed E-state index contributed by atoms with van der Waals surface area (Å²) in [4.78, 5) is 24.1. The van der Waals surface area contributed by atoms with Crippen molar-refractivity contribution in [3.8, 4) is 0 Å². The maximum Gasteiger partial charge on any atom is 0.181 e. The molecule has 0 spiro atoms. The molecule has 0 aliphatic heterocycles. The normalized spacial score (nSPS) is 11.6. The number of unbranched alkanes of at least 4 members (excludes halogenated alkanes) is 3. The maximum absolute atomic E-state index is 12.1. The Bertz CT molecular complexity index is 238. The summed E-state index contributed by atoms with van der Waals surface area (Å²) >= 11 is 0. The van der Waals surface area contributed by atoms with Crippen molar-refractivity contribution >= 4 is 11.6 Å². The third-order valence-corrected chi connectivity index (χ3v) is 3.33. The number of hydrogen-bond acceptors (Lipinski definition) is 3. The zero-order valence-corrected chi connectivity index (χ0v) is 12.1. The first-order valence-corrected chi connectivity index (χ1v) is 7.31. The summed E-state index contributed by atoms with van der Waals surface area (Å²) in [6.07, 6.45) is 5.80. The molecule has 3 heteroatoms. The van der Waals surface area contributed by atoms with E-state index in [0.717, 1.165) is 32.1 Å². The lowest BCUT2D eigenvalue weighted by Crippen LogP contribution is -2.46. The van der Waals surface area contributed by atoms with Gasteiger partial charge in [-0.25, -0.2) is 0 Å². The fraction of sp³-hybridized carbons (Fsp3) is 0.867. The van der Waals surface area contributed by atoms with E-state index in [1.54, 1.807) is 0 Å². The summed E-state index contributed by atoms with van der Waals surface area (Å²) < 4.78 is 0. The fourth-order valence-electron chi connectivity index (χ4n) is 1.96. The summed E-state index contributed by atoms with van der Waals surface area (Å²) in [5, 5.41) is 10.4. The van der Waals surface area contributed by atoms with Crippen LogP contribution in [0.25, 0.3) is 0 Å². The van der Waals surface area contributed by atoms with Gasteiger partial charge < -0.3 is 5.11 Å². The second-order valence-corrected chi connectivity index (χ2v) is 5.02. The number of carbonyl (C=O) groups excluding carboxylic acids is 2. The molecule has 0 amide bonds. The Balaban J connectivity index is 4.68. The van der Waals surface area contributed by atoms with Gasteiger partial charge in [-0.05, 0) is 25.7 Å². The fourth-order valence-corrected chi connectivity index (χ4v) is 1.96. The summed E-state index contributed by atoms with van der Waals surface area (Å²) in [6, 6.07) is 0. The number of carbonyl (C=O) groups is 2. The minimum atomic E-state index is -1.71. The van der Waals surface area contributed by atoms with Gasteiger partial charge >= 0.3 is 0 Å². The highest BCUT2D eigenvalue weighted by Gasteiger charge is 2.40. The molecule has 3 nitrogen and oxygen atoms in total. The number of rotatable bonds is 11. The highest BCUT2D eigenvalue weighted by Crippen LogP contribution is 2.22. The van der Waals surface area contributed by atoms with Crippen LogP contribution in [0.15, 0.2) is 0 Å². The van der Waals surface area contributed by atoms with Gasteiger partial charge in [-0.15, -0.1) is 0 Å². The van der Waals surface area contributed by atoms with Gasteiger partial charge in [-0.1, -0.05) is 40.0 Å². The molecule has 0 aromatic heterocycles. The van der Waals surface area contributed by atoms with Crippen molar-refractivity contribution in [3.05, 3.63) is 0 Å². The van der Waals surface area contributed by atoms with Crippen LogP contribution in [0.1, 0.15) is 78.6 Å². The van der Waals surface area contributed by atoms with E-state index in [1.165, 1.54) is 0 Å². The van der Waals surface area contributed by atoms with E-state index < -0.39 is 5.60 Å². The highest BCUT2D eigenvalue weighted by atomic mass is 16.3. The Kier molecular flexibility index (Phi) is 8.90. The SMILES string of the molecule is CCCCC(=O)C(O)(CCCC)C(=O)CCCC. The highest BCUT2D eigenvalue weighted by molar-refractivity contribution is 6.10. The van der Waals surface area contributed by atoms with Crippen LogP contribution in [-0.4, -0.2) is 22.3 Å². The molecule has 0 unspecified atom stereocenters. The summed E-state index contributed by atoms with van der Waals surface area (Å²) in [5.41, 5.74) is -1.71. The van der Waals surface area contributed by atoms with Crippen LogP contribution >= 0.6 is 0 Å². The van der Waals surface area contributed by atoms with E-state index in [1.807, 2.05) is 20.8 Å². The topological polar surface area (TPSA) is 54.4 Å². The number of aliphatic hydroxyl groups is 1. The van der Waals surface area contributed by atoms with Crippen molar-refractivity contribution in [2.45, 2.75) is 84.2 Å². The van der Waals surface area contributed by atoms with Gasteiger partial charge in [0.15, 0.2) is 17.2 Å². The zero-order valence-electron chi connectivity index (χ0n) is 12.1. The first-order valence-electron chi connectivity index (χ1n) is 7.31. The monoisotopic (exact) mass is 256 g/mol. The number of Topliss-reactive ketones (excluding diaryl/α,β-unsaturated/α-hetero) is 2. The molecule has 18 heavy (non-hydrogen) atoms. The van der Waals surface area contributed by atoms with Crippen molar-refractivity contribution in [3.63, 3.8) is 0 Å². The Morgan fingerprint density at radius 1 is 0.833 bits per heavy atom. The minimum Gasteiger partial charge on any atom is -0.375 e. The molecule has 0 aromatic rings. The molecule has 0 aliphatic carbocycles. The van der Waals surface area contributed by atoms with Crippen LogP contribution in [0.4, 0.5) is 0 Å². The second kappa shape index (κ2) is 9.26. The molecule has 0 radical (unpaired) electrons. The van der Waals surface area contributed by atoms with Gasteiger partial charge in [0.25, 0.3) is 0 Å². The third-order valence-electron chi connectivity index (χ3n) is 3.33. The first-order chi connectivity index (χ1) is 8.52. The molecular weight excluding hydrogens is 228 g/mol. The standard InChI is InChI=1S/C15H28O3/c1-4-7-10-13(16)15(18,12-9-6-3)14(17)11-8-5-2/h18H,4-12H2,1-3H3. The molecule has 1 N–H and O–H groups in total. The molecular formula is C15H28O3. The van der Waals surface area contributed by atoms with E-state index in [4.69, 9.17) is 0 Å².